The Bertz CT molecular complexity index is 209. The quantitative estimate of drug-likeness (QED) is 0.615. The monoisotopic (exact) mass is 161 g/mol. The summed E-state index contributed by atoms with van der Waals surface area (Å²) in [6.45, 7) is 2.21. The van der Waals surface area contributed by atoms with Gasteiger partial charge in [0, 0.05) is 6.07 Å². The number of hydrogen-bond acceptors (Lipinski definition) is 4. The van der Waals surface area contributed by atoms with Gasteiger partial charge in [0.15, 0.2) is 0 Å². The first kappa shape index (κ1) is 7.51. The molecular formula is C5H8NO3P. The summed E-state index contributed by atoms with van der Waals surface area (Å²) in [6.07, 6.45) is 1.44. The van der Waals surface area contributed by atoms with Gasteiger partial charge in [-0.2, -0.15) is 0 Å². The summed E-state index contributed by atoms with van der Waals surface area (Å²) in [5, 5.41) is 3.40. The lowest BCUT2D eigenvalue weighted by atomic mass is 10.8. The molecule has 1 unspecified atom stereocenters. The molecule has 5 heteroatoms. The average Bonchev–Trinajstić information content (AvgIpc) is 2.38. The average molecular weight is 161 g/mol. The number of rotatable bonds is 3. The van der Waals surface area contributed by atoms with E-state index in [1.54, 1.807) is 6.92 Å². The van der Waals surface area contributed by atoms with Crippen LogP contribution in [0.4, 0.5) is 0 Å². The van der Waals surface area contributed by atoms with Crippen molar-refractivity contribution in [2.24, 2.45) is 0 Å². The second-order valence-electron chi connectivity index (χ2n) is 1.60. The Morgan fingerprint density at radius 1 is 1.90 bits per heavy atom. The van der Waals surface area contributed by atoms with E-state index in [0.717, 1.165) is 0 Å². The zero-order valence-corrected chi connectivity index (χ0v) is 6.53. The maximum absolute atomic E-state index is 10.9. The SMILES string of the molecule is CCO[PH](=O)c1ccno1. The molecule has 0 aliphatic rings. The van der Waals surface area contributed by atoms with Crippen molar-refractivity contribution in [3.63, 3.8) is 0 Å². The van der Waals surface area contributed by atoms with E-state index in [-0.39, 0.29) is 0 Å². The highest BCUT2D eigenvalue weighted by Gasteiger charge is 2.05. The van der Waals surface area contributed by atoms with E-state index < -0.39 is 8.03 Å². The Kier molecular flexibility index (Phi) is 2.66. The van der Waals surface area contributed by atoms with Gasteiger partial charge >= 0.3 is 0 Å². The van der Waals surface area contributed by atoms with E-state index in [9.17, 15) is 4.57 Å². The Hall–Kier alpha value is -0.600. The Morgan fingerprint density at radius 2 is 2.70 bits per heavy atom. The van der Waals surface area contributed by atoms with Crippen LogP contribution in [0.3, 0.4) is 0 Å². The summed E-state index contributed by atoms with van der Waals surface area (Å²) in [7, 11) is -2.15. The highest BCUT2D eigenvalue weighted by molar-refractivity contribution is 7.47. The standard InChI is InChI=1S/C5H8NO3P/c1-2-8-10(7)5-3-4-6-9-5/h3-4,10H,2H2,1H3. The molecule has 0 fully saturated rings. The molecule has 1 aromatic heterocycles. The predicted molar refractivity (Wildman–Crippen MR) is 36.8 cm³/mol. The number of nitrogens with zero attached hydrogens (tertiary/aromatic N) is 1. The lowest BCUT2D eigenvalue weighted by molar-refractivity contribution is 0.347. The summed E-state index contributed by atoms with van der Waals surface area (Å²) in [5.74, 6) is 0. The van der Waals surface area contributed by atoms with Crippen LogP contribution in [0.25, 0.3) is 0 Å². The number of hydrogen-bond donors (Lipinski definition) is 0. The van der Waals surface area contributed by atoms with Gasteiger partial charge in [-0.15, -0.1) is 0 Å². The van der Waals surface area contributed by atoms with Gasteiger partial charge in [-0.1, -0.05) is 5.16 Å². The van der Waals surface area contributed by atoms with Crippen molar-refractivity contribution in [2.45, 2.75) is 6.92 Å². The van der Waals surface area contributed by atoms with Crippen molar-refractivity contribution in [3.8, 4) is 0 Å². The van der Waals surface area contributed by atoms with Gasteiger partial charge in [0.2, 0.25) is 5.50 Å². The molecule has 0 spiro atoms. The van der Waals surface area contributed by atoms with Gasteiger partial charge in [-0.25, -0.2) is 0 Å². The fourth-order valence-corrected chi connectivity index (χ4v) is 1.27. The van der Waals surface area contributed by atoms with Gasteiger partial charge in [-0.05, 0) is 6.92 Å². The minimum Gasteiger partial charge on any atom is -0.351 e. The van der Waals surface area contributed by atoms with Crippen LogP contribution >= 0.6 is 8.03 Å². The van der Waals surface area contributed by atoms with Gasteiger partial charge in [0.25, 0.3) is 8.03 Å². The summed E-state index contributed by atoms with van der Waals surface area (Å²) >= 11 is 0. The molecule has 0 bridgehead atoms. The maximum atomic E-state index is 10.9. The maximum Gasteiger partial charge on any atom is 0.257 e. The fraction of sp³-hybridized carbons (Fsp3) is 0.400. The van der Waals surface area contributed by atoms with Gasteiger partial charge in [0.05, 0.1) is 12.8 Å². The second kappa shape index (κ2) is 3.54. The molecule has 0 saturated carbocycles. The minimum atomic E-state index is -2.15. The van der Waals surface area contributed by atoms with Crippen LogP contribution in [0.15, 0.2) is 16.8 Å². The van der Waals surface area contributed by atoms with Crippen molar-refractivity contribution < 1.29 is 13.6 Å². The first-order chi connectivity index (χ1) is 4.84. The normalized spacial score (nSPS) is 13.3. The fourth-order valence-electron chi connectivity index (χ4n) is 0.523. The third kappa shape index (κ3) is 1.69. The molecule has 0 aliphatic heterocycles. The van der Waals surface area contributed by atoms with Crippen LogP contribution in [0.2, 0.25) is 0 Å². The summed E-state index contributed by atoms with van der Waals surface area (Å²) in [6, 6.07) is 1.54. The highest BCUT2D eigenvalue weighted by atomic mass is 31.1. The van der Waals surface area contributed by atoms with E-state index >= 15 is 0 Å². The molecule has 1 aromatic rings. The van der Waals surface area contributed by atoms with Crippen molar-refractivity contribution >= 4 is 13.5 Å². The molecule has 1 heterocycles. The summed E-state index contributed by atoms with van der Waals surface area (Å²) in [4.78, 5) is 0. The lowest BCUT2D eigenvalue weighted by Crippen LogP contribution is -1.92. The first-order valence-electron chi connectivity index (χ1n) is 2.92. The zero-order chi connectivity index (χ0) is 7.40. The van der Waals surface area contributed by atoms with E-state index in [1.165, 1.54) is 12.3 Å². The van der Waals surface area contributed by atoms with Crippen LogP contribution in [0, 0.1) is 0 Å². The zero-order valence-electron chi connectivity index (χ0n) is 5.53. The molecule has 0 aromatic carbocycles. The molecule has 4 nitrogen and oxygen atoms in total. The predicted octanol–water partition coefficient (Wildman–Crippen LogP) is 0.811. The van der Waals surface area contributed by atoms with Crippen molar-refractivity contribution in [1.82, 2.24) is 5.16 Å². The van der Waals surface area contributed by atoms with Crippen molar-refractivity contribution in [2.75, 3.05) is 6.61 Å². The van der Waals surface area contributed by atoms with Crippen LogP contribution < -0.4 is 5.50 Å². The molecule has 0 amide bonds. The molecule has 0 saturated heterocycles. The Morgan fingerprint density at radius 3 is 3.20 bits per heavy atom. The van der Waals surface area contributed by atoms with Crippen molar-refractivity contribution in [1.29, 1.82) is 0 Å². The smallest absolute Gasteiger partial charge is 0.257 e. The molecule has 0 aliphatic carbocycles. The first-order valence-corrected chi connectivity index (χ1v) is 4.24. The molecule has 10 heavy (non-hydrogen) atoms. The molecule has 1 rings (SSSR count). The van der Waals surface area contributed by atoms with Gasteiger partial charge in [0.1, 0.15) is 0 Å². The summed E-state index contributed by atoms with van der Waals surface area (Å²) < 4.78 is 20.3. The van der Waals surface area contributed by atoms with E-state index in [4.69, 9.17) is 4.52 Å². The Labute approximate surface area is 59.0 Å². The number of aromatic nitrogens is 1. The van der Waals surface area contributed by atoms with Gasteiger partial charge in [-0.3, -0.25) is 4.57 Å². The van der Waals surface area contributed by atoms with E-state index in [1.807, 2.05) is 0 Å². The minimum absolute atomic E-state index is 0.326. The third-order valence-electron chi connectivity index (χ3n) is 0.914. The molecule has 0 N–H and O–H groups in total. The van der Waals surface area contributed by atoms with E-state index in [2.05, 4.69) is 9.68 Å². The van der Waals surface area contributed by atoms with Crippen LogP contribution in [-0.4, -0.2) is 11.8 Å². The van der Waals surface area contributed by atoms with Crippen LogP contribution in [0.5, 0.6) is 0 Å². The van der Waals surface area contributed by atoms with Crippen LogP contribution in [-0.2, 0) is 9.09 Å². The van der Waals surface area contributed by atoms with E-state index in [0.29, 0.717) is 12.1 Å². The van der Waals surface area contributed by atoms with Crippen LogP contribution in [0.1, 0.15) is 6.92 Å². The third-order valence-corrected chi connectivity index (χ3v) is 2.13. The largest absolute Gasteiger partial charge is 0.351 e. The lowest BCUT2D eigenvalue weighted by Gasteiger charge is -1.93. The topological polar surface area (TPSA) is 52.3 Å². The second-order valence-corrected chi connectivity index (χ2v) is 2.95. The molecule has 1 atom stereocenters. The van der Waals surface area contributed by atoms with Crippen molar-refractivity contribution in [3.05, 3.63) is 12.3 Å². The Balaban J connectivity index is 2.59. The molecular weight excluding hydrogens is 153 g/mol. The highest BCUT2D eigenvalue weighted by Crippen LogP contribution is 2.19. The molecule has 56 valence electrons. The van der Waals surface area contributed by atoms with Gasteiger partial charge < -0.3 is 9.05 Å². The molecule has 0 radical (unpaired) electrons. The summed E-state index contributed by atoms with van der Waals surface area (Å²) in [5.41, 5.74) is 0.326.